The number of likely N-dealkylation sites (N-methyl/N-ethyl adjacent to an activating group) is 2. The van der Waals surface area contributed by atoms with Gasteiger partial charge in [0, 0.05) is 33.2 Å². The molecule has 1 heterocycles. The molecule has 55 heavy (non-hydrogen) atoms. The Labute approximate surface area is 330 Å². The maximum absolute atomic E-state index is 14.3. The van der Waals surface area contributed by atoms with E-state index in [-0.39, 0.29) is 48.6 Å². The van der Waals surface area contributed by atoms with E-state index >= 15 is 0 Å². The highest BCUT2D eigenvalue weighted by molar-refractivity contribution is 6.01. The molecular weight excluding hydrogens is 702 g/mol. The van der Waals surface area contributed by atoms with Gasteiger partial charge in [0.25, 0.3) is 0 Å². The minimum absolute atomic E-state index is 0.0277. The zero-order chi connectivity index (χ0) is 41.8. The van der Waals surface area contributed by atoms with Crippen LogP contribution in [-0.4, -0.2) is 122 Å². The molecule has 0 aromatic heterocycles. The van der Waals surface area contributed by atoms with Gasteiger partial charge in [-0.05, 0) is 79.0 Å². The SMILES string of the molecule is CC[C@H](C)[C@@H]([C@@H](CC(=O)N1CCC[C@H]1[C@H](OC)[C@@H](C)C(=O)N[C@@H](Cc1ccccc1)C(=O)OC(C)(C)C)OC)N(C)[C@H](C(=O)NC(=O)C(C)(C)NC)C(C)C. The van der Waals surface area contributed by atoms with E-state index < -0.39 is 59.1 Å². The molecule has 3 N–H and O–H groups in total. The molecule has 1 aromatic carbocycles. The summed E-state index contributed by atoms with van der Waals surface area (Å²) in [5.74, 6) is -2.71. The highest BCUT2D eigenvalue weighted by Crippen LogP contribution is 2.30. The molecule has 0 bridgehead atoms. The average molecular weight is 774 g/mol. The lowest BCUT2D eigenvalue weighted by atomic mass is 9.87. The zero-order valence-electron chi connectivity index (χ0n) is 36.0. The molecule has 8 atom stereocenters. The second kappa shape index (κ2) is 21.2. The first-order valence-corrected chi connectivity index (χ1v) is 19.8. The topological polar surface area (TPSA) is 156 Å². The molecule has 0 saturated carbocycles. The van der Waals surface area contributed by atoms with Crippen LogP contribution in [0.15, 0.2) is 30.3 Å². The predicted molar refractivity (Wildman–Crippen MR) is 214 cm³/mol. The van der Waals surface area contributed by atoms with Crippen molar-refractivity contribution in [3.8, 4) is 0 Å². The van der Waals surface area contributed by atoms with Crippen LogP contribution in [0.1, 0.15) is 100 Å². The summed E-state index contributed by atoms with van der Waals surface area (Å²) in [6.45, 7) is 19.0. The molecule has 2 rings (SSSR count). The van der Waals surface area contributed by atoms with Gasteiger partial charge in [0.1, 0.15) is 11.6 Å². The third kappa shape index (κ3) is 13.4. The van der Waals surface area contributed by atoms with Crippen LogP contribution >= 0.6 is 0 Å². The second-order valence-corrected chi connectivity index (χ2v) is 17.0. The second-order valence-electron chi connectivity index (χ2n) is 17.0. The predicted octanol–water partition coefficient (Wildman–Crippen LogP) is 4.11. The van der Waals surface area contributed by atoms with Gasteiger partial charge < -0.3 is 29.7 Å². The van der Waals surface area contributed by atoms with Crippen molar-refractivity contribution in [3.05, 3.63) is 35.9 Å². The maximum atomic E-state index is 14.3. The number of ether oxygens (including phenoxy) is 3. The quantitative estimate of drug-likeness (QED) is 0.165. The number of esters is 1. The summed E-state index contributed by atoms with van der Waals surface area (Å²) in [5, 5.41) is 8.47. The molecule has 1 aliphatic heterocycles. The number of carbonyl (C=O) groups is 5. The van der Waals surface area contributed by atoms with Crippen LogP contribution < -0.4 is 16.0 Å². The van der Waals surface area contributed by atoms with Crippen LogP contribution in [0.2, 0.25) is 0 Å². The van der Waals surface area contributed by atoms with E-state index in [1.165, 1.54) is 7.11 Å². The lowest BCUT2D eigenvalue weighted by Gasteiger charge is -2.43. The first kappa shape index (κ1) is 47.8. The van der Waals surface area contributed by atoms with Crippen LogP contribution in [0.3, 0.4) is 0 Å². The number of nitrogens with one attached hydrogen (secondary N) is 3. The zero-order valence-corrected chi connectivity index (χ0v) is 36.0. The molecule has 1 aliphatic rings. The standard InChI is InChI=1S/C42H71N5O8/c1-15-27(4)35(46(12)34(26(2)3)38(50)45-40(52)42(9,10)43-11)32(53-13)25-33(48)47-23-19-22-31(47)36(54-14)28(5)37(49)44-30(39(51)55-41(6,7)8)24-29-20-17-16-18-21-29/h16-18,20-21,26-28,30-32,34-36,43H,15,19,22-25H2,1-14H3,(H,44,49)(H,45,50,52)/t27-,28+,30-,31-,32+,34-,35-,36+/m0/s1. The number of hydrogen-bond acceptors (Lipinski definition) is 10. The Morgan fingerprint density at radius 3 is 2.07 bits per heavy atom. The van der Waals surface area contributed by atoms with Crippen molar-refractivity contribution >= 4 is 29.6 Å². The number of imide groups is 1. The average Bonchev–Trinajstić information content (AvgIpc) is 3.60. The van der Waals surface area contributed by atoms with Gasteiger partial charge in [-0.25, -0.2) is 4.79 Å². The third-order valence-corrected chi connectivity index (χ3v) is 11.0. The lowest BCUT2D eigenvalue weighted by molar-refractivity contribution is -0.159. The fraction of sp³-hybridized carbons (Fsp3) is 0.738. The third-order valence-electron chi connectivity index (χ3n) is 11.0. The molecule has 4 amide bonds. The minimum Gasteiger partial charge on any atom is -0.458 e. The van der Waals surface area contributed by atoms with E-state index in [2.05, 4.69) is 29.8 Å². The summed E-state index contributed by atoms with van der Waals surface area (Å²) in [5.41, 5.74) is -0.807. The smallest absolute Gasteiger partial charge is 0.329 e. The number of nitrogens with zero attached hydrogens (tertiary/aromatic N) is 2. The van der Waals surface area contributed by atoms with Crippen LogP contribution in [0, 0.1) is 17.8 Å². The molecule has 312 valence electrons. The molecule has 0 radical (unpaired) electrons. The van der Waals surface area contributed by atoms with Crippen molar-refractivity contribution in [1.29, 1.82) is 0 Å². The number of rotatable bonds is 20. The minimum atomic E-state index is -0.945. The fourth-order valence-electron chi connectivity index (χ4n) is 7.51. The number of carbonyl (C=O) groups excluding carboxylic acids is 5. The number of hydrogen-bond donors (Lipinski definition) is 3. The Hall–Kier alpha value is -3.39. The summed E-state index contributed by atoms with van der Waals surface area (Å²) in [7, 11) is 6.64. The van der Waals surface area contributed by atoms with Gasteiger partial charge >= 0.3 is 5.97 Å². The van der Waals surface area contributed by atoms with Gasteiger partial charge in [-0.3, -0.25) is 29.4 Å². The molecule has 1 saturated heterocycles. The molecule has 13 heteroatoms. The summed E-state index contributed by atoms with van der Waals surface area (Å²) < 4.78 is 17.7. The summed E-state index contributed by atoms with van der Waals surface area (Å²) >= 11 is 0. The normalized spacial score (nSPS) is 18.9. The van der Waals surface area contributed by atoms with E-state index in [9.17, 15) is 24.0 Å². The molecule has 1 fully saturated rings. The molecule has 13 nitrogen and oxygen atoms in total. The Bertz CT molecular complexity index is 1410. The monoisotopic (exact) mass is 774 g/mol. The van der Waals surface area contributed by atoms with Gasteiger partial charge in [-0.2, -0.15) is 0 Å². The Morgan fingerprint density at radius 2 is 1.56 bits per heavy atom. The Balaban J connectivity index is 2.32. The number of likely N-dealkylation sites (tertiary alicyclic amines) is 1. The lowest BCUT2D eigenvalue weighted by Crippen LogP contribution is -2.61. The molecule has 0 spiro atoms. The molecule has 1 aromatic rings. The van der Waals surface area contributed by atoms with E-state index in [0.29, 0.717) is 13.0 Å². The van der Waals surface area contributed by atoms with E-state index in [1.807, 2.05) is 56.1 Å². The number of methoxy groups -OCH3 is 2. The highest BCUT2D eigenvalue weighted by Gasteiger charge is 2.44. The van der Waals surface area contributed by atoms with Crippen molar-refractivity contribution in [2.24, 2.45) is 17.8 Å². The van der Waals surface area contributed by atoms with Crippen LogP contribution in [0.4, 0.5) is 0 Å². The van der Waals surface area contributed by atoms with E-state index in [4.69, 9.17) is 14.2 Å². The van der Waals surface area contributed by atoms with Crippen molar-refractivity contribution in [2.75, 3.05) is 34.9 Å². The van der Waals surface area contributed by atoms with E-state index in [1.54, 1.807) is 60.6 Å². The van der Waals surface area contributed by atoms with E-state index in [0.717, 1.165) is 18.4 Å². The van der Waals surface area contributed by atoms with Gasteiger partial charge in [-0.15, -0.1) is 0 Å². The Morgan fingerprint density at radius 1 is 0.945 bits per heavy atom. The van der Waals surface area contributed by atoms with Gasteiger partial charge in [0.05, 0.1) is 42.2 Å². The largest absolute Gasteiger partial charge is 0.458 e. The summed E-state index contributed by atoms with van der Waals surface area (Å²) in [4.78, 5) is 71.9. The molecule has 0 aliphatic carbocycles. The van der Waals surface area contributed by atoms with Crippen LogP contribution in [0.25, 0.3) is 0 Å². The van der Waals surface area contributed by atoms with Gasteiger partial charge in [0.2, 0.25) is 23.6 Å². The first-order valence-electron chi connectivity index (χ1n) is 19.8. The molecular formula is C42H71N5O8. The van der Waals surface area contributed by atoms with Gasteiger partial charge in [0.15, 0.2) is 0 Å². The van der Waals surface area contributed by atoms with Crippen LogP contribution in [-0.2, 0) is 44.6 Å². The van der Waals surface area contributed by atoms with Crippen molar-refractivity contribution < 1.29 is 38.2 Å². The van der Waals surface area contributed by atoms with Crippen molar-refractivity contribution in [3.63, 3.8) is 0 Å². The summed E-state index contributed by atoms with van der Waals surface area (Å²) in [6.07, 6.45) is 1.21. The van der Waals surface area contributed by atoms with Crippen LogP contribution in [0.5, 0.6) is 0 Å². The van der Waals surface area contributed by atoms with Gasteiger partial charge in [-0.1, -0.05) is 71.4 Å². The van der Waals surface area contributed by atoms with Crippen molar-refractivity contribution in [1.82, 2.24) is 25.8 Å². The number of amides is 4. The fourth-order valence-corrected chi connectivity index (χ4v) is 7.51. The number of benzene rings is 1. The molecule has 0 unspecified atom stereocenters. The Kier molecular flexibility index (Phi) is 18.4. The first-order chi connectivity index (χ1) is 25.6. The summed E-state index contributed by atoms with van der Waals surface area (Å²) in [6, 6.07) is 7.12. The van der Waals surface area contributed by atoms with Crippen molar-refractivity contribution in [2.45, 2.75) is 149 Å². The highest BCUT2D eigenvalue weighted by atomic mass is 16.6. The maximum Gasteiger partial charge on any atom is 0.329 e.